The summed E-state index contributed by atoms with van der Waals surface area (Å²) in [6.07, 6.45) is 0. The van der Waals surface area contributed by atoms with Gasteiger partial charge in [0.05, 0.1) is 24.1 Å². The van der Waals surface area contributed by atoms with Gasteiger partial charge in [-0.05, 0) is 25.1 Å². The van der Waals surface area contributed by atoms with Crippen LogP contribution in [-0.2, 0) is 16.1 Å². The number of carbonyl (C=O) groups is 2. The van der Waals surface area contributed by atoms with E-state index in [2.05, 4.69) is 4.98 Å². The number of nitrogens with zero attached hydrogens (tertiary/aromatic N) is 2. The number of aromatic amines is 1. The topological polar surface area (TPSA) is 122 Å². The van der Waals surface area contributed by atoms with E-state index in [4.69, 9.17) is 4.74 Å². The third-order valence-corrected chi connectivity index (χ3v) is 4.22. The van der Waals surface area contributed by atoms with Gasteiger partial charge < -0.3 is 19.7 Å². The summed E-state index contributed by atoms with van der Waals surface area (Å²) in [5.74, 6) is -1.63. The van der Waals surface area contributed by atoms with Crippen LogP contribution in [0.4, 0.5) is 0 Å². The number of carboxylic acids is 1. The molecule has 9 nitrogen and oxygen atoms in total. The van der Waals surface area contributed by atoms with Crippen LogP contribution in [0, 0.1) is 0 Å². The first-order chi connectivity index (χ1) is 11.9. The molecule has 1 unspecified atom stereocenters. The minimum absolute atomic E-state index is 0.0767. The summed E-state index contributed by atoms with van der Waals surface area (Å²) in [4.78, 5) is 52.0. The lowest BCUT2D eigenvalue weighted by Crippen LogP contribution is -2.52. The van der Waals surface area contributed by atoms with Gasteiger partial charge in [0.15, 0.2) is 6.04 Å². The number of carboxylic acid groups (broad SMARTS) is 1. The first-order valence-corrected chi connectivity index (χ1v) is 7.82. The first kappa shape index (κ1) is 16.9. The van der Waals surface area contributed by atoms with Crippen molar-refractivity contribution in [3.63, 3.8) is 0 Å². The van der Waals surface area contributed by atoms with E-state index in [1.807, 2.05) is 0 Å². The van der Waals surface area contributed by atoms with Gasteiger partial charge in [0.1, 0.15) is 0 Å². The number of benzene rings is 1. The van der Waals surface area contributed by atoms with Crippen LogP contribution in [0.25, 0.3) is 10.9 Å². The maximum absolute atomic E-state index is 12.7. The highest BCUT2D eigenvalue weighted by molar-refractivity contribution is 5.99. The summed E-state index contributed by atoms with van der Waals surface area (Å²) in [6.45, 7) is 2.25. The number of fused-ring (bicyclic) bond motifs is 1. The highest BCUT2D eigenvalue weighted by Gasteiger charge is 2.33. The second-order valence-electron chi connectivity index (χ2n) is 5.67. The number of H-pyrrole nitrogens is 1. The van der Waals surface area contributed by atoms with Crippen LogP contribution in [0.3, 0.4) is 0 Å². The molecule has 132 valence electrons. The van der Waals surface area contributed by atoms with Crippen molar-refractivity contribution in [3.8, 4) is 0 Å². The Morgan fingerprint density at radius 1 is 1.36 bits per heavy atom. The van der Waals surface area contributed by atoms with E-state index in [0.717, 1.165) is 4.57 Å². The summed E-state index contributed by atoms with van der Waals surface area (Å²) in [7, 11) is 0. The van der Waals surface area contributed by atoms with Gasteiger partial charge in [-0.2, -0.15) is 0 Å². The van der Waals surface area contributed by atoms with Crippen molar-refractivity contribution in [3.05, 3.63) is 44.6 Å². The summed E-state index contributed by atoms with van der Waals surface area (Å²) in [5.41, 5.74) is -0.551. The van der Waals surface area contributed by atoms with Crippen molar-refractivity contribution in [2.24, 2.45) is 0 Å². The standard InChI is InChI=1S/C16H17N3O6/c1-2-18-14(21)10-4-3-9(7-11(10)17-16(18)24)13(20)19-5-6-25-8-12(19)15(22)23/h3-4,7,12H,2,5-6,8H2,1H3,(H,17,24)(H,22,23). The quantitative estimate of drug-likeness (QED) is 0.782. The molecule has 2 aromatic rings. The van der Waals surface area contributed by atoms with E-state index in [1.165, 1.54) is 23.1 Å². The van der Waals surface area contributed by atoms with Gasteiger partial charge in [-0.15, -0.1) is 0 Å². The third kappa shape index (κ3) is 2.93. The van der Waals surface area contributed by atoms with Gasteiger partial charge in [-0.1, -0.05) is 0 Å². The predicted octanol–water partition coefficient (Wildman–Crippen LogP) is -0.365. The zero-order valence-corrected chi connectivity index (χ0v) is 13.5. The highest BCUT2D eigenvalue weighted by atomic mass is 16.5. The smallest absolute Gasteiger partial charge is 0.328 e. The number of amides is 1. The molecular weight excluding hydrogens is 330 g/mol. The molecule has 1 saturated heterocycles. The van der Waals surface area contributed by atoms with Crippen molar-refractivity contribution < 1.29 is 19.4 Å². The van der Waals surface area contributed by atoms with Crippen LogP contribution in [0.5, 0.6) is 0 Å². The molecule has 2 N–H and O–H groups in total. The number of hydrogen-bond acceptors (Lipinski definition) is 5. The van der Waals surface area contributed by atoms with Crippen LogP contribution < -0.4 is 11.2 Å². The lowest BCUT2D eigenvalue weighted by atomic mass is 10.1. The number of nitrogens with one attached hydrogen (secondary N) is 1. The lowest BCUT2D eigenvalue weighted by Gasteiger charge is -2.32. The second kappa shape index (κ2) is 6.52. The Labute approximate surface area is 141 Å². The summed E-state index contributed by atoms with van der Waals surface area (Å²) in [5, 5.41) is 9.53. The largest absolute Gasteiger partial charge is 0.480 e. The Bertz CT molecular complexity index is 960. The minimum Gasteiger partial charge on any atom is -0.480 e. The molecular formula is C16H17N3O6. The predicted molar refractivity (Wildman–Crippen MR) is 87.8 cm³/mol. The fourth-order valence-corrected chi connectivity index (χ4v) is 2.89. The maximum atomic E-state index is 12.7. The van der Waals surface area contributed by atoms with E-state index in [-0.39, 0.29) is 42.8 Å². The summed E-state index contributed by atoms with van der Waals surface area (Å²) < 4.78 is 6.18. The molecule has 1 atom stereocenters. The average Bonchev–Trinajstić information content (AvgIpc) is 2.61. The van der Waals surface area contributed by atoms with Gasteiger partial charge in [0.25, 0.3) is 11.5 Å². The average molecular weight is 347 g/mol. The van der Waals surface area contributed by atoms with Crippen LogP contribution in [0.2, 0.25) is 0 Å². The number of aromatic nitrogens is 2. The first-order valence-electron chi connectivity index (χ1n) is 7.82. The van der Waals surface area contributed by atoms with Crippen LogP contribution in [0.15, 0.2) is 27.8 Å². The van der Waals surface area contributed by atoms with Crippen molar-refractivity contribution in [1.82, 2.24) is 14.5 Å². The zero-order chi connectivity index (χ0) is 18.1. The molecule has 2 heterocycles. The van der Waals surface area contributed by atoms with Gasteiger partial charge >= 0.3 is 11.7 Å². The Balaban J connectivity index is 2.04. The minimum atomic E-state index is -1.15. The Morgan fingerprint density at radius 3 is 2.80 bits per heavy atom. The third-order valence-electron chi connectivity index (χ3n) is 4.22. The van der Waals surface area contributed by atoms with E-state index in [0.29, 0.717) is 0 Å². The van der Waals surface area contributed by atoms with Crippen molar-refractivity contribution >= 4 is 22.8 Å². The summed E-state index contributed by atoms with van der Waals surface area (Å²) >= 11 is 0. The number of rotatable bonds is 3. The van der Waals surface area contributed by atoms with Crippen molar-refractivity contribution in [1.29, 1.82) is 0 Å². The number of ether oxygens (including phenoxy) is 1. The van der Waals surface area contributed by atoms with E-state index < -0.39 is 29.2 Å². The second-order valence-corrected chi connectivity index (χ2v) is 5.67. The molecule has 1 amide bonds. The van der Waals surface area contributed by atoms with Gasteiger partial charge in [-0.25, -0.2) is 9.59 Å². The SMILES string of the molecule is CCn1c(=O)[nH]c2cc(C(=O)N3CCOCC3C(=O)O)ccc2c1=O. The maximum Gasteiger partial charge on any atom is 0.328 e. The van der Waals surface area contributed by atoms with Crippen molar-refractivity contribution in [2.75, 3.05) is 19.8 Å². The van der Waals surface area contributed by atoms with Gasteiger partial charge in [0.2, 0.25) is 0 Å². The normalized spacial score (nSPS) is 17.6. The Morgan fingerprint density at radius 2 is 2.12 bits per heavy atom. The molecule has 1 aliphatic rings. The molecule has 0 radical (unpaired) electrons. The highest BCUT2D eigenvalue weighted by Crippen LogP contribution is 2.16. The Hall–Kier alpha value is -2.94. The molecule has 0 spiro atoms. The molecule has 25 heavy (non-hydrogen) atoms. The molecule has 0 aliphatic carbocycles. The lowest BCUT2D eigenvalue weighted by molar-refractivity contribution is -0.147. The zero-order valence-electron chi connectivity index (χ0n) is 13.5. The van der Waals surface area contributed by atoms with Crippen LogP contribution in [-0.4, -0.2) is 57.2 Å². The van der Waals surface area contributed by atoms with E-state index in [9.17, 15) is 24.3 Å². The monoisotopic (exact) mass is 347 g/mol. The molecule has 0 bridgehead atoms. The molecule has 1 aromatic heterocycles. The number of hydrogen-bond donors (Lipinski definition) is 2. The molecule has 1 aromatic carbocycles. The molecule has 9 heteroatoms. The molecule has 3 rings (SSSR count). The van der Waals surface area contributed by atoms with Gasteiger partial charge in [-0.3, -0.25) is 14.2 Å². The fraction of sp³-hybridized carbons (Fsp3) is 0.375. The van der Waals surface area contributed by atoms with E-state index >= 15 is 0 Å². The molecule has 0 saturated carbocycles. The van der Waals surface area contributed by atoms with Gasteiger partial charge in [0, 0.05) is 18.7 Å². The van der Waals surface area contributed by atoms with E-state index in [1.54, 1.807) is 6.92 Å². The van der Waals surface area contributed by atoms with Crippen LogP contribution >= 0.6 is 0 Å². The molecule has 1 fully saturated rings. The van der Waals surface area contributed by atoms with Crippen LogP contribution in [0.1, 0.15) is 17.3 Å². The number of aliphatic carboxylic acids is 1. The Kier molecular flexibility index (Phi) is 4.41. The molecule has 1 aliphatic heterocycles. The summed E-state index contributed by atoms with van der Waals surface area (Å²) in [6, 6.07) is 3.25. The number of carbonyl (C=O) groups excluding carboxylic acids is 1. The number of morpholine rings is 1. The fourth-order valence-electron chi connectivity index (χ4n) is 2.89. The van der Waals surface area contributed by atoms with Crippen molar-refractivity contribution in [2.45, 2.75) is 19.5 Å².